The van der Waals surface area contributed by atoms with Crippen molar-refractivity contribution in [3.8, 4) is 0 Å². The van der Waals surface area contributed by atoms with Gasteiger partial charge >= 0.3 is 0 Å². The smallest absolute Gasteiger partial charge is 0.220 e. The highest BCUT2D eigenvalue weighted by Gasteiger charge is 2.17. The van der Waals surface area contributed by atoms with Crippen molar-refractivity contribution >= 4 is 5.91 Å². The van der Waals surface area contributed by atoms with Crippen LogP contribution in [0.25, 0.3) is 0 Å². The van der Waals surface area contributed by atoms with Crippen molar-refractivity contribution in [1.82, 2.24) is 5.32 Å². The molecule has 0 aromatic rings. The van der Waals surface area contributed by atoms with Crippen molar-refractivity contribution in [2.24, 2.45) is 0 Å². The maximum atomic E-state index is 12.5. The third-order valence-corrected chi connectivity index (χ3v) is 12.2. The van der Waals surface area contributed by atoms with E-state index in [2.05, 4.69) is 165 Å². The third-order valence-electron chi connectivity index (χ3n) is 12.2. The van der Waals surface area contributed by atoms with Crippen LogP contribution in [0.5, 0.6) is 0 Å². The van der Waals surface area contributed by atoms with Crippen molar-refractivity contribution in [3.63, 3.8) is 0 Å². The fourth-order valence-electron chi connectivity index (χ4n) is 7.85. The van der Waals surface area contributed by atoms with E-state index in [0.29, 0.717) is 6.42 Å². The summed E-state index contributed by atoms with van der Waals surface area (Å²) in [5.41, 5.74) is 0. The number of carbonyl (C=O) groups is 1. The zero-order valence-corrected chi connectivity index (χ0v) is 45.9. The summed E-state index contributed by atoms with van der Waals surface area (Å²) in [6, 6.07) is -0.657. The number of hydrogen-bond acceptors (Lipinski definition) is 3. The van der Waals surface area contributed by atoms with Crippen LogP contribution in [-0.4, -0.2) is 34.9 Å². The van der Waals surface area contributed by atoms with Crippen molar-refractivity contribution in [3.05, 3.63) is 158 Å². The Morgan fingerprint density at radius 2 is 0.634 bits per heavy atom. The van der Waals surface area contributed by atoms with Gasteiger partial charge in [0.2, 0.25) is 5.91 Å². The van der Waals surface area contributed by atoms with Gasteiger partial charge in [-0.1, -0.05) is 275 Å². The number of allylic oxidation sites excluding steroid dienone is 25. The normalized spacial score (nSPS) is 14.0. The highest BCUT2D eigenvalue weighted by atomic mass is 16.3. The molecule has 400 valence electrons. The third kappa shape index (κ3) is 56.8. The molecule has 0 heterocycles. The van der Waals surface area contributed by atoms with Crippen LogP contribution in [-0.2, 0) is 4.79 Å². The lowest BCUT2D eigenvalue weighted by Crippen LogP contribution is -2.45. The molecule has 4 nitrogen and oxygen atoms in total. The maximum absolute atomic E-state index is 12.5. The molecular formula is C67H109NO3. The molecule has 2 atom stereocenters. The van der Waals surface area contributed by atoms with E-state index in [-0.39, 0.29) is 12.5 Å². The Bertz CT molecular complexity index is 1530. The summed E-state index contributed by atoms with van der Waals surface area (Å²) in [6.45, 7) is 4.17. The lowest BCUT2D eigenvalue weighted by Gasteiger charge is -2.19. The van der Waals surface area contributed by atoms with Crippen LogP contribution in [0, 0.1) is 0 Å². The molecule has 0 aliphatic carbocycles. The van der Waals surface area contributed by atoms with Crippen molar-refractivity contribution in [2.45, 2.75) is 251 Å². The number of unbranched alkanes of at least 4 members (excludes halogenated alkanes) is 20. The quantitative estimate of drug-likeness (QED) is 0.0420. The first kappa shape index (κ1) is 67.0. The average Bonchev–Trinajstić information content (AvgIpc) is 3.37. The zero-order chi connectivity index (χ0) is 51.3. The standard InChI is InChI=1S/C67H109NO3/c1-3-5-7-9-11-13-15-17-19-21-23-24-25-26-27-28-29-30-31-32-33-34-35-36-37-38-39-40-41-42-43-44-45-47-49-51-53-55-57-59-61-63-67(71)68-65(64-69)66(70)62-60-58-56-54-52-50-48-46-22-20-18-16-14-12-10-8-6-4-2/h5,7,11,13,17,19,23-24,26-27,29-30,32-33,35-36,38-39,41-42,44-45,52,54,60,62,65-66,69-70H,3-4,6,8-10,12,14-16,18,20-22,25,28,31,34,37,40,43,46-51,53,55-59,61,63-64H2,1-2H3,(H,68,71)/b7-5-,13-11-,19-17-,24-23-,27-26-,30-29-,33-32-,36-35-,39-38-,42-41-,45-44-,54-52+,62-60+. The summed E-state index contributed by atoms with van der Waals surface area (Å²) < 4.78 is 0. The summed E-state index contributed by atoms with van der Waals surface area (Å²) in [5.74, 6) is -0.0912. The van der Waals surface area contributed by atoms with Gasteiger partial charge in [-0.25, -0.2) is 0 Å². The predicted molar refractivity (Wildman–Crippen MR) is 317 cm³/mol. The SMILES string of the molecule is CC/C=C\C/C=C\C/C=C\C/C=C\C/C=C\C/C=C\C/C=C\C/C=C\C/C=C\C/C=C\C/C=C\CCCCCCCCCC(=O)NC(CO)C(O)/C=C/CC/C=C/CCCCCCCCCCCCCC. The molecule has 0 bridgehead atoms. The minimum atomic E-state index is -0.878. The molecule has 0 rings (SSSR count). The van der Waals surface area contributed by atoms with Crippen molar-refractivity contribution < 1.29 is 15.0 Å². The van der Waals surface area contributed by atoms with E-state index in [9.17, 15) is 15.0 Å². The van der Waals surface area contributed by atoms with Crippen LogP contribution < -0.4 is 5.32 Å². The Kier molecular flexibility index (Phi) is 56.9. The molecule has 0 radical (unpaired) electrons. The number of nitrogens with one attached hydrogen (secondary N) is 1. The number of carbonyl (C=O) groups excluding carboxylic acids is 1. The van der Waals surface area contributed by atoms with Gasteiger partial charge in [0, 0.05) is 6.42 Å². The molecule has 0 aromatic carbocycles. The first-order chi connectivity index (χ1) is 35.2. The molecule has 4 heteroatoms. The Balaban J connectivity index is 3.68. The highest BCUT2D eigenvalue weighted by molar-refractivity contribution is 5.76. The first-order valence-electron chi connectivity index (χ1n) is 29.2. The van der Waals surface area contributed by atoms with Gasteiger partial charge in [0.05, 0.1) is 18.8 Å². The number of amides is 1. The number of hydrogen-bond donors (Lipinski definition) is 3. The number of aliphatic hydroxyl groups excluding tert-OH is 2. The monoisotopic (exact) mass is 976 g/mol. The van der Waals surface area contributed by atoms with E-state index in [1.165, 1.54) is 103 Å². The maximum Gasteiger partial charge on any atom is 0.220 e. The second-order valence-electron chi connectivity index (χ2n) is 19.0. The van der Waals surface area contributed by atoms with Crippen LogP contribution in [0.3, 0.4) is 0 Å². The molecule has 0 saturated carbocycles. The Morgan fingerprint density at radius 1 is 0.352 bits per heavy atom. The van der Waals surface area contributed by atoms with Crippen molar-refractivity contribution in [2.75, 3.05) is 6.61 Å². The van der Waals surface area contributed by atoms with E-state index in [0.717, 1.165) is 116 Å². The summed E-state index contributed by atoms with van der Waals surface area (Å²) >= 11 is 0. The van der Waals surface area contributed by atoms with Crippen LogP contribution in [0.4, 0.5) is 0 Å². The van der Waals surface area contributed by atoms with Gasteiger partial charge in [-0.05, 0) is 116 Å². The van der Waals surface area contributed by atoms with Crippen LogP contribution in [0.15, 0.2) is 158 Å². The second kappa shape index (κ2) is 60.3. The van der Waals surface area contributed by atoms with Crippen LogP contribution in [0.1, 0.15) is 239 Å². The van der Waals surface area contributed by atoms with Crippen LogP contribution in [0.2, 0.25) is 0 Å². The Morgan fingerprint density at radius 3 is 0.986 bits per heavy atom. The fraction of sp³-hybridized carbons (Fsp3) is 0.597. The molecule has 0 aromatic heterocycles. The van der Waals surface area contributed by atoms with E-state index >= 15 is 0 Å². The summed E-state index contributed by atoms with van der Waals surface area (Å²) in [4.78, 5) is 12.5. The molecule has 2 unspecified atom stereocenters. The highest BCUT2D eigenvalue weighted by Crippen LogP contribution is 2.14. The molecule has 71 heavy (non-hydrogen) atoms. The minimum absolute atomic E-state index is 0.0912. The minimum Gasteiger partial charge on any atom is -0.394 e. The van der Waals surface area contributed by atoms with Gasteiger partial charge in [-0.2, -0.15) is 0 Å². The molecule has 0 fully saturated rings. The largest absolute Gasteiger partial charge is 0.394 e. The Hall–Kier alpha value is -3.99. The van der Waals surface area contributed by atoms with E-state index in [4.69, 9.17) is 0 Å². The summed E-state index contributed by atoms with van der Waals surface area (Å²) in [7, 11) is 0. The molecule has 1 amide bonds. The van der Waals surface area contributed by atoms with Crippen LogP contribution >= 0.6 is 0 Å². The zero-order valence-electron chi connectivity index (χ0n) is 45.9. The van der Waals surface area contributed by atoms with E-state index < -0.39 is 12.1 Å². The van der Waals surface area contributed by atoms with Gasteiger partial charge in [0.15, 0.2) is 0 Å². The van der Waals surface area contributed by atoms with E-state index in [1.807, 2.05) is 6.08 Å². The lowest BCUT2D eigenvalue weighted by atomic mass is 10.0. The van der Waals surface area contributed by atoms with Crippen molar-refractivity contribution in [1.29, 1.82) is 0 Å². The molecule has 0 aliphatic heterocycles. The summed E-state index contributed by atoms with van der Waals surface area (Å²) in [6.07, 6.45) is 96.8. The predicted octanol–water partition coefficient (Wildman–Crippen LogP) is 19.7. The topological polar surface area (TPSA) is 69.6 Å². The Labute approximate surface area is 439 Å². The fourth-order valence-corrected chi connectivity index (χ4v) is 7.85. The average molecular weight is 977 g/mol. The van der Waals surface area contributed by atoms with Gasteiger partial charge < -0.3 is 15.5 Å². The van der Waals surface area contributed by atoms with Gasteiger partial charge in [-0.15, -0.1) is 0 Å². The van der Waals surface area contributed by atoms with Gasteiger partial charge in [0.1, 0.15) is 0 Å². The van der Waals surface area contributed by atoms with Gasteiger partial charge in [0.25, 0.3) is 0 Å². The first-order valence-corrected chi connectivity index (χ1v) is 29.2. The molecular weight excluding hydrogens is 867 g/mol. The lowest BCUT2D eigenvalue weighted by molar-refractivity contribution is -0.123. The molecule has 3 N–H and O–H groups in total. The second-order valence-corrected chi connectivity index (χ2v) is 19.0. The molecule has 0 spiro atoms. The van der Waals surface area contributed by atoms with Gasteiger partial charge in [-0.3, -0.25) is 4.79 Å². The molecule has 0 saturated heterocycles. The number of aliphatic hydroxyl groups is 2. The summed E-state index contributed by atoms with van der Waals surface area (Å²) in [5, 5.41) is 23.1. The molecule has 0 aliphatic rings. The number of rotatable bonds is 51. The van der Waals surface area contributed by atoms with E-state index in [1.54, 1.807) is 6.08 Å².